The van der Waals surface area contributed by atoms with Crippen molar-refractivity contribution in [1.29, 1.82) is 0 Å². The van der Waals surface area contributed by atoms with Gasteiger partial charge in [-0.15, -0.1) is 11.6 Å². The van der Waals surface area contributed by atoms with Crippen LogP contribution in [0, 0.1) is 0 Å². The second-order valence-electron chi connectivity index (χ2n) is 3.41. The molecule has 0 aliphatic carbocycles. The molecular weight excluding hydrogens is 213 g/mol. The van der Waals surface area contributed by atoms with Gasteiger partial charge in [-0.3, -0.25) is 0 Å². The summed E-state index contributed by atoms with van der Waals surface area (Å²) in [5.74, 6) is 0.806. The summed E-state index contributed by atoms with van der Waals surface area (Å²) in [5.41, 5.74) is 0. The Morgan fingerprint density at radius 1 is 1.10 bits per heavy atom. The van der Waals surface area contributed by atoms with Crippen molar-refractivity contribution >= 4 is 11.6 Å². The van der Waals surface area contributed by atoms with Crippen LogP contribution in [0.5, 0.6) is 0 Å². The van der Waals surface area contributed by atoms with E-state index in [4.69, 9.17) is 11.6 Å². The summed E-state index contributed by atoms with van der Waals surface area (Å²) in [6.07, 6.45) is 2.39. The fraction of sp³-hybridized carbons (Fsp3) is 1.00. The zero-order chi connectivity index (χ0) is 7.33. The van der Waals surface area contributed by atoms with Gasteiger partial charge in [0.2, 0.25) is 0 Å². The molecule has 0 aromatic heterocycles. The number of hydrogen-bond donors (Lipinski definition) is 0. The molecule has 0 aromatic carbocycles. The highest BCUT2D eigenvalue weighted by Crippen LogP contribution is 1.97. The van der Waals surface area contributed by atoms with Gasteiger partial charge < -0.3 is 21.5 Å². The fourth-order valence-electron chi connectivity index (χ4n) is 0.681. The molecule has 0 amide bonds. The highest BCUT2D eigenvalue weighted by molar-refractivity contribution is 6.17. The van der Waals surface area contributed by atoms with Gasteiger partial charge >= 0.3 is 0 Å². The van der Waals surface area contributed by atoms with Crippen LogP contribution < -0.4 is 17.0 Å². The molecule has 0 unspecified atom stereocenters. The van der Waals surface area contributed by atoms with Crippen LogP contribution in [0.4, 0.5) is 0 Å². The molecule has 0 heterocycles. The van der Waals surface area contributed by atoms with E-state index in [1.54, 1.807) is 0 Å². The lowest BCUT2D eigenvalue weighted by atomic mass is 10.3. The Balaban J connectivity index is 0. The minimum Gasteiger partial charge on any atom is -1.00 e. The summed E-state index contributed by atoms with van der Waals surface area (Å²) in [7, 11) is 6.61. The van der Waals surface area contributed by atoms with E-state index in [2.05, 4.69) is 21.1 Å². The van der Waals surface area contributed by atoms with Gasteiger partial charge in [0.1, 0.15) is 0 Å². The van der Waals surface area contributed by atoms with E-state index < -0.39 is 0 Å². The lowest BCUT2D eigenvalue weighted by Crippen LogP contribution is -3.00. The van der Waals surface area contributed by atoms with Crippen molar-refractivity contribution in [1.82, 2.24) is 0 Å². The maximum atomic E-state index is 5.52. The van der Waals surface area contributed by atoms with E-state index >= 15 is 0 Å². The first-order chi connectivity index (χ1) is 4.06. The first-order valence-electron chi connectivity index (χ1n) is 3.43. The zero-order valence-corrected chi connectivity index (χ0v) is 9.37. The van der Waals surface area contributed by atoms with Gasteiger partial charge in [-0.25, -0.2) is 0 Å². The van der Waals surface area contributed by atoms with Gasteiger partial charge in [-0.05, 0) is 12.8 Å². The molecular formula is C7H17BrClN. The second kappa shape index (κ2) is 6.44. The van der Waals surface area contributed by atoms with E-state index in [0.717, 1.165) is 16.8 Å². The first kappa shape index (κ1) is 13.3. The predicted octanol–water partition coefficient (Wildman–Crippen LogP) is -1.28. The third-order valence-corrected chi connectivity index (χ3v) is 1.48. The molecule has 0 N–H and O–H groups in total. The zero-order valence-electron chi connectivity index (χ0n) is 7.03. The van der Waals surface area contributed by atoms with Crippen molar-refractivity contribution in [3.8, 4) is 0 Å². The van der Waals surface area contributed by atoms with Crippen LogP contribution in [-0.2, 0) is 0 Å². The maximum Gasteiger partial charge on any atom is 0.0780 e. The van der Waals surface area contributed by atoms with E-state index in [1.165, 1.54) is 13.0 Å². The summed E-state index contributed by atoms with van der Waals surface area (Å²) in [6, 6.07) is 0. The third kappa shape index (κ3) is 11.5. The minimum atomic E-state index is 0. The van der Waals surface area contributed by atoms with E-state index in [9.17, 15) is 0 Å². The summed E-state index contributed by atoms with van der Waals surface area (Å²) >= 11 is 5.52. The lowest BCUT2D eigenvalue weighted by molar-refractivity contribution is -0.870. The number of halogens is 2. The molecule has 0 radical (unpaired) electrons. The maximum absolute atomic E-state index is 5.52. The van der Waals surface area contributed by atoms with Crippen molar-refractivity contribution in [2.75, 3.05) is 33.6 Å². The minimum absolute atomic E-state index is 0. The smallest absolute Gasteiger partial charge is 0.0780 e. The number of rotatable bonds is 4. The van der Waals surface area contributed by atoms with Crippen LogP contribution >= 0.6 is 11.6 Å². The number of quaternary nitrogens is 1. The van der Waals surface area contributed by atoms with Crippen LogP contribution in [0.2, 0.25) is 0 Å². The number of nitrogens with zero attached hydrogens (tertiary/aromatic N) is 1. The SMILES string of the molecule is C[N+](C)(C)CCCCCl.[Br-]. The summed E-state index contributed by atoms with van der Waals surface area (Å²) in [5, 5.41) is 0. The van der Waals surface area contributed by atoms with E-state index in [-0.39, 0.29) is 17.0 Å². The quantitative estimate of drug-likeness (QED) is 0.321. The van der Waals surface area contributed by atoms with Gasteiger partial charge in [-0.2, -0.15) is 0 Å². The molecule has 0 atom stereocenters. The highest BCUT2D eigenvalue weighted by atomic mass is 79.9. The van der Waals surface area contributed by atoms with Gasteiger partial charge in [0.25, 0.3) is 0 Å². The lowest BCUT2D eigenvalue weighted by Gasteiger charge is -2.23. The summed E-state index contributed by atoms with van der Waals surface area (Å²) < 4.78 is 1.05. The van der Waals surface area contributed by atoms with Crippen molar-refractivity contribution in [3.63, 3.8) is 0 Å². The summed E-state index contributed by atoms with van der Waals surface area (Å²) in [6.45, 7) is 1.23. The molecule has 0 aromatic rings. The molecule has 0 rings (SSSR count). The van der Waals surface area contributed by atoms with Crippen LogP contribution in [0.15, 0.2) is 0 Å². The van der Waals surface area contributed by atoms with Crippen LogP contribution in [0.3, 0.4) is 0 Å². The molecule has 0 saturated heterocycles. The molecule has 0 saturated carbocycles. The molecule has 0 bridgehead atoms. The van der Waals surface area contributed by atoms with Gasteiger partial charge in [-0.1, -0.05) is 0 Å². The standard InChI is InChI=1S/C7H17ClN.BrH/c1-9(2,3)7-5-4-6-8;/h4-7H2,1-3H3;1H/q+1;/p-1. The highest BCUT2D eigenvalue weighted by Gasteiger charge is 2.04. The molecule has 1 nitrogen and oxygen atoms in total. The summed E-state index contributed by atoms with van der Waals surface area (Å²) in [4.78, 5) is 0. The van der Waals surface area contributed by atoms with Gasteiger partial charge in [0, 0.05) is 5.88 Å². The monoisotopic (exact) mass is 229 g/mol. The van der Waals surface area contributed by atoms with E-state index in [1.807, 2.05) is 0 Å². The fourth-order valence-corrected chi connectivity index (χ4v) is 0.870. The largest absolute Gasteiger partial charge is 1.00 e. The molecule has 0 spiro atoms. The van der Waals surface area contributed by atoms with Gasteiger partial charge in [0.05, 0.1) is 27.7 Å². The molecule has 0 fully saturated rings. The van der Waals surface area contributed by atoms with Crippen molar-refractivity contribution in [2.24, 2.45) is 0 Å². The van der Waals surface area contributed by atoms with Crippen LogP contribution in [-0.4, -0.2) is 38.1 Å². The normalized spacial score (nSPS) is 10.8. The van der Waals surface area contributed by atoms with E-state index in [0.29, 0.717) is 0 Å². The van der Waals surface area contributed by atoms with Crippen molar-refractivity contribution in [3.05, 3.63) is 0 Å². The van der Waals surface area contributed by atoms with Crippen LogP contribution in [0.1, 0.15) is 12.8 Å². The molecule has 10 heavy (non-hydrogen) atoms. The Morgan fingerprint density at radius 3 is 1.90 bits per heavy atom. The Labute approximate surface area is 79.7 Å². The first-order valence-corrected chi connectivity index (χ1v) is 3.96. The Hall–Kier alpha value is 0.730. The Kier molecular flexibility index (Phi) is 8.58. The molecule has 64 valence electrons. The number of alkyl halides is 1. The predicted molar refractivity (Wildman–Crippen MR) is 42.9 cm³/mol. The second-order valence-corrected chi connectivity index (χ2v) is 3.79. The topological polar surface area (TPSA) is 0 Å². The Bertz CT molecular complexity index is 70.5. The van der Waals surface area contributed by atoms with Crippen molar-refractivity contribution in [2.45, 2.75) is 12.8 Å². The average Bonchev–Trinajstić information content (AvgIpc) is 1.63. The van der Waals surface area contributed by atoms with Gasteiger partial charge in [0.15, 0.2) is 0 Å². The molecule has 0 aliphatic heterocycles. The number of unbranched alkanes of at least 4 members (excludes halogenated alkanes) is 1. The molecule has 0 aliphatic rings. The van der Waals surface area contributed by atoms with Crippen molar-refractivity contribution < 1.29 is 21.5 Å². The number of hydrogen-bond acceptors (Lipinski definition) is 0. The Morgan fingerprint density at radius 2 is 1.60 bits per heavy atom. The third-order valence-electron chi connectivity index (χ3n) is 1.21. The van der Waals surface area contributed by atoms with Crippen LogP contribution in [0.25, 0.3) is 0 Å². The average molecular weight is 231 g/mol. The molecule has 3 heteroatoms.